The second-order valence-corrected chi connectivity index (χ2v) is 9.88. The van der Waals surface area contributed by atoms with Gasteiger partial charge in [0.25, 0.3) is 0 Å². The van der Waals surface area contributed by atoms with Gasteiger partial charge in [0.2, 0.25) is 6.79 Å². The molecule has 0 aliphatic rings. The number of hydrogen-bond donors (Lipinski definition) is 2. The first-order valence-corrected chi connectivity index (χ1v) is 14.5. The summed E-state index contributed by atoms with van der Waals surface area (Å²) in [6.07, 6.45) is 17.2. The van der Waals surface area contributed by atoms with Crippen molar-refractivity contribution in [3.05, 3.63) is 22.7 Å². The van der Waals surface area contributed by atoms with Gasteiger partial charge in [-0.05, 0) is 18.9 Å². The van der Waals surface area contributed by atoms with Crippen molar-refractivity contribution >= 4 is 14.1 Å². The van der Waals surface area contributed by atoms with Crippen LogP contribution in [0.2, 0.25) is 0 Å². The molecular formula is C25H47N3O7P+. The third-order valence-electron chi connectivity index (χ3n) is 5.73. The van der Waals surface area contributed by atoms with Gasteiger partial charge in [0.1, 0.15) is 18.5 Å². The summed E-state index contributed by atoms with van der Waals surface area (Å²) in [7, 11) is -2.34. The van der Waals surface area contributed by atoms with E-state index >= 15 is 0 Å². The van der Waals surface area contributed by atoms with E-state index in [1.165, 1.54) is 87.5 Å². The van der Waals surface area contributed by atoms with Gasteiger partial charge in [-0.1, -0.05) is 82.1 Å². The van der Waals surface area contributed by atoms with Crippen LogP contribution in [0, 0.1) is 0 Å². The van der Waals surface area contributed by atoms with Crippen LogP contribution in [0.3, 0.4) is 0 Å². The highest BCUT2D eigenvalue weighted by Crippen LogP contribution is 2.23. The van der Waals surface area contributed by atoms with Gasteiger partial charge in [0.05, 0.1) is 13.2 Å². The smallest absolute Gasteiger partial charge is 0.394 e. The van der Waals surface area contributed by atoms with Gasteiger partial charge in [0, 0.05) is 24.0 Å². The maximum Gasteiger partial charge on any atom is 0.699 e. The van der Waals surface area contributed by atoms with E-state index in [1.54, 1.807) is 0 Å². The Balaban J connectivity index is 1.89. The highest BCUT2D eigenvalue weighted by Gasteiger charge is 2.21. The predicted molar refractivity (Wildman–Crippen MR) is 141 cm³/mol. The van der Waals surface area contributed by atoms with Crippen LogP contribution in [0.25, 0.3) is 0 Å². The summed E-state index contributed by atoms with van der Waals surface area (Å²) in [6.45, 7) is 3.16. The second kappa shape index (κ2) is 22.8. The molecule has 11 heteroatoms. The number of unbranched alkanes of at least 4 members (excludes halogenated alkanes) is 11. The fraction of sp³-hybridized carbons (Fsp3) is 0.840. The number of nitrogens with two attached hydrogens (primary N) is 1. The van der Waals surface area contributed by atoms with Crippen molar-refractivity contribution in [3.63, 3.8) is 0 Å². The van der Waals surface area contributed by atoms with E-state index in [-0.39, 0.29) is 32.4 Å². The molecule has 0 aromatic carbocycles. The number of aliphatic hydroxyl groups excluding tert-OH is 1. The number of nitrogens with zero attached hydrogens (tertiary/aromatic N) is 2. The van der Waals surface area contributed by atoms with Gasteiger partial charge in [0.15, 0.2) is 0 Å². The van der Waals surface area contributed by atoms with Crippen LogP contribution in [0.5, 0.6) is 0 Å². The SMILES string of the molecule is CCCCCCCCCCCCCCOCCCO[P+](=O)OCO[C@H](CO)Cn1ccc(N)nc1=O. The lowest BCUT2D eigenvalue weighted by Crippen LogP contribution is -2.32. The fourth-order valence-electron chi connectivity index (χ4n) is 3.62. The van der Waals surface area contributed by atoms with Crippen LogP contribution < -0.4 is 11.4 Å². The molecule has 0 bridgehead atoms. The van der Waals surface area contributed by atoms with Gasteiger partial charge >= 0.3 is 13.9 Å². The molecule has 0 aliphatic carbocycles. The molecule has 0 radical (unpaired) electrons. The lowest BCUT2D eigenvalue weighted by molar-refractivity contribution is -0.0656. The molecule has 0 aliphatic heterocycles. The van der Waals surface area contributed by atoms with E-state index in [2.05, 4.69) is 11.9 Å². The van der Waals surface area contributed by atoms with Crippen molar-refractivity contribution in [2.45, 2.75) is 103 Å². The van der Waals surface area contributed by atoms with Crippen LogP contribution in [0.1, 0.15) is 90.4 Å². The van der Waals surface area contributed by atoms with Gasteiger partial charge in [-0.25, -0.2) is 4.79 Å². The average molecular weight is 533 g/mol. The third-order valence-corrected chi connectivity index (χ3v) is 6.44. The normalized spacial score (nSPS) is 12.7. The van der Waals surface area contributed by atoms with E-state index in [1.807, 2.05) is 0 Å². The van der Waals surface area contributed by atoms with Crippen molar-refractivity contribution in [3.8, 4) is 0 Å². The zero-order valence-electron chi connectivity index (χ0n) is 22.0. The Morgan fingerprint density at radius 1 is 0.944 bits per heavy atom. The summed E-state index contributed by atoms with van der Waals surface area (Å²) < 4.78 is 34.0. The maximum absolute atomic E-state index is 11.8. The Morgan fingerprint density at radius 2 is 1.56 bits per heavy atom. The van der Waals surface area contributed by atoms with E-state index in [0.29, 0.717) is 13.0 Å². The van der Waals surface area contributed by atoms with Crippen LogP contribution in [0.4, 0.5) is 5.82 Å². The summed E-state index contributed by atoms with van der Waals surface area (Å²) in [5, 5.41) is 9.41. The Kier molecular flexibility index (Phi) is 20.6. The minimum absolute atomic E-state index is 0.0557. The summed E-state index contributed by atoms with van der Waals surface area (Å²) in [5.41, 5.74) is 4.90. The Hall–Kier alpha value is -1.42. The molecule has 1 heterocycles. The van der Waals surface area contributed by atoms with E-state index in [4.69, 9.17) is 24.3 Å². The van der Waals surface area contributed by atoms with Crippen molar-refractivity contribution < 1.29 is 28.2 Å². The van der Waals surface area contributed by atoms with Crippen LogP contribution in [-0.4, -0.2) is 54.0 Å². The quantitative estimate of drug-likeness (QED) is 0.102. The first-order valence-electron chi connectivity index (χ1n) is 13.4. The molecule has 0 fully saturated rings. The first-order chi connectivity index (χ1) is 17.6. The van der Waals surface area contributed by atoms with Crippen LogP contribution in [0.15, 0.2) is 17.1 Å². The van der Waals surface area contributed by atoms with Gasteiger partial charge < -0.3 is 20.3 Å². The number of hydrogen-bond acceptors (Lipinski definition) is 9. The number of aliphatic hydroxyl groups is 1. The summed E-state index contributed by atoms with van der Waals surface area (Å²) in [5.74, 6) is 0.116. The van der Waals surface area contributed by atoms with Crippen molar-refractivity contribution in [1.82, 2.24) is 9.55 Å². The highest BCUT2D eigenvalue weighted by molar-refractivity contribution is 7.33. The van der Waals surface area contributed by atoms with Crippen molar-refractivity contribution in [2.24, 2.45) is 0 Å². The molecule has 1 aromatic rings. The molecule has 0 spiro atoms. The summed E-state index contributed by atoms with van der Waals surface area (Å²) >= 11 is 0. The summed E-state index contributed by atoms with van der Waals surface area (Å²) in [4.78, 5) is 15.3. The first kappa shape index (κ1) is 32.6. The number of aromatic nitrogens is 2. The predicted octanol–water partition coefficient (Wildman–Crippen LogP) is 4.96. The van der Waals surface area contributed by atoms with Crippen LogP contribution in [-0.2, 0) is 29.6 Å². The Morgan fingerprint density at radius 3 is 2.17 bits per heavy atom. The molecule has 2 atom stereocenters. The molecule has 0 amide bonds. The molecule has 1 rings (SSSR count). The minimum atomic E-state index is -2.34. The number of nitrogen functional groups attached to an aromatic ring is 1. The molecule has 1 aromatic heterocycles. The van der Waals surface area contributed by atoms with Gasteiger partial charge in [-0.2, -0.15) is 4.98 Å². The zero-order valence-corrected chi connectivity index (χ0v) is 22.9. The number of anilines is 1. The third kappa shape index (κ3) is 17.9. The minimum Gasteiger partial charge on any atom is -0.394 e. The topological polar surface area (TPSA) is 135 Å². The van der Waals surface area contributed by atoms with Crippen molar-refractivity contribution in [2.75, 3.05) is 39.0 Å². The maximum atomic E-state index is 11.8. The van der Waals surface area contributed by atoms with E-state index in [0.717, 1.165) is 13.0 Å². The Bertz CT molecular complexity index is 736. The molecule has 0 saturated heterocycles. The van der Waals surface area contributed by atoms with E-state index in [9.17, 15) is 14.5 Å². The second-order valence-electron chi connectivity index (χ2n) is 8.92. The largest absolute Gasteiger partial charge is 0.699 e. The fourth-order valence-corrected chi connectivity index (χ4v) is 4.12. The molecule has 10 nitrogen and oxygen atoms in total. The molecule has 0 saturated carbocycles. The lowest BCUT2D eigenvalue weighted by atomic mass is 10.1. The molecule has 36 heavy (non-hydrogen) atoms. The highest BCUT2D eigenvalue weighted by atomic mass is 31.1. The monoisotopic (exact) mass is 532 g/mol. The van der Waals surface area contributed by atoms with Gasteiger partial charge in [-0.3, -0.25) is 4.57 Å². The molecular weight excluding hydrogens is 485 g/mol. The summed E-state index contributed by atoms with van der Waals surface area (Å²) in [6, 6.07) is 1.47. The molecule has 208 valence electrons. The standard InChI is InChI=1S/C25H46N3O7P/c1-2-3-4-5-6-7-8-9-10-11-12-13-17-32-18-14-19-34-36(31)35-22-33-23(21-29)20-28-16-15-24(26)27-25(28)30/h15-16,23,29H,2-14,17-22H2,1H3,(H-,26,27,30)/p+1/t23-/m0/s1. The molecule has 3 N–H and O–H groups in total. The zero-order chi connectivity index (χ0) is 26.3. The number of rotatable bonds is 25. The number of ether oxygens (including phenoxy) is 2. The van der Waals surface area contributed by atoms with Gasteiger partial charge in [-0.15, -0.1) is 4.52 Å². The Labute approximate surface area is 216 Å². The van der Waals surface area contributed by atoms with E-state index < -0.39 is 20.0 Å². The van der Waals surface area contributed by atoms with Crippen molar-refractivity contribution in [1.29, 1.82) is 0 Å². The lowest BCUT2D eigenvalue weighted by Gasteiger charge is -2.14. The van der Waals surface area contributed by atoms with Crippen LogP contribution >= 0.6 is 8.25 Å². The average Bonchev–Trinajstić information content (AvgIpc) is 2.86. The molecule has 1 unspecified atom stereocenters.